The molecule has 2 aromatic carbocycles. The van der Waals surface area contributed by atoms with Crippen LogP contribution in [0.5, 0.6) is 0 Å². The number of hydrogen-bond acceptors (Lipinski definition) is 5. The molecular formula is C27H28Cl2FN3O3S. The first-order valence-electron chi connectivity index (χ1n) is 12.0. The maximum atomic E-state index is 13.7. The highest BCUT2D eigenvalue weighted by Gasteiger charge is 2.25. The third-order valence-electron chi connectivity index (χ3n) is 6.13. The van der Waals surface area contributed by atoms with Crippen LogP contribution < -0.4 is 0 Å². The topological polar surface area (TPSA) is 53.1 Å². The average Bonchev–Trinajstić information content (AvgIpc) is 3.41. The van der Waals surface area contributed by atoms with Gasteiger partial charge in [0.15, 0.2) is 0 Å². The Morgan fingerprint density at radius 3 is 2.43 bits per heavy atom. The van der Waals surface area contributed by atoms with E-state index in [9.17, 15) is 14.0 Å². The molecule has 1 aromatic heterocycles. The standard InChI is InChI=1S/C27H28Cl2FN3O3S/c28-21-5-8-24(25(29)16-21)27(35)32(10-9-31-11-13-36-14-12-31)19-26(34)33(18-23-2-1-15-37-23)17-20-3-6-22(30)7-4-20/h1-8,15-16H,9-14,17-19H2. The number of nitrogens with zero attached hydrogens (tertiary/aromatic N) is 3. The average molecular weight is 565 g/mol. The Bertz CT molecular complexity index is 1190. The molecule has 0 atom stereocenters. The number of carbonyl (C=O) groups is 2. The van der Waals surface area contributed by atoms with Gasteiger partial charge < -0.3 is 14.5 Å². The van der Waals surface area contributed by atoms with Gasteiger partial charge in [-0.15, -0.1) is 11.3 Å². The SMILES string of the molecule is O=C(CN(CCN1CCOCC1)C(=O)c1ccc(Cl)cc1Cl)N(Cc1ccc(F)cc1)Cc1cccs1. The maximum absolute atomic E-state index is 13.7. The van der Waals surface area contributed by atoms with Crippen LogP contribution in [-0.2, 0) is 22.6 Å². The summed E-state index contributed by atoms with van der Waals surface area (Å²) in [6.45, 7) is 4.35. The van der Waals surface area contributed by atoms with Gasteiger partial charge in [-0.1, -0.05) is 41.4 Å². The number of rotatable bonds is 10. The van der Waals surface area contributed by atoms with Crippen molar-refractivity contribution in [1.29, 1.82) is 0 Å². The van der Waals surface area contributed by atoms with Crippen molar-refractivity contribution in [3.05, 3.63) is 91.8 Å². The molecule has 0 bridgehead atoms. The molecule has 4 rings (SSSR count). The Morgan fingerprint density at radius 2 is 1.76 bits per heavy atom. The number of morpholine rings is 1. The van der Waals surface area contributed by atoms with E-state index >= 15 is 0 Å². The molecule has 0 aliphatic carbocycles. The lowest BCUT2D eigenvalue weighted by atomic mass is 10.1. The zero-order chi connectivity index (χ0) is 26.2. The summed E-state index contributed by atoms with van der Waals surface area (Å²) in [5.41, 5.74) is 1.10. The molecular weight excluding hydrogens is 536 g/mol. The molecule has 196 valence electrons. The van der Waals surface area contributed by atoms with Crippen molar-refractivity contribution in [2.24, 2.45) is 0 Å². The molecule has 0 N–H and O–H groups in total. The molecule has 37 heavy (non-hydrogen) atoms. The molecule has 3 aromatic rings. The van der Waals surface area contributed by atoms with Crippen molar-refractivity contribution in [2.45, 2.75) is 13.1 Å². The Labute approximate surface area is 230 Å². The zero-order valence-electron chi connectivity index (χ0n) is 20.2. The number of amides is 2. The van der Waals surface area contributed by atoms with Crippen molar-refractivity contribution in [2.75, 3.05) is 45.9 Å². The third-order valence-corrected chi connectivity index (χ3v) is 7.54. The van der Waals surface area contributed by atoms with E-state index in [1.807, 2.05) is 17.5 Å². The summed E-state index contributed by atoms with van der Waals surface area (Å²) < 4.78 is 18.9. The van der Waals surface area contributed by atoms with Crippen LogP contribution in [0.4, 0.5) is 4.39 Å². The van der Waals surface area contributed by atoms with Crippen LogP contribution in [0.15, 0.2) is 60.0 Å². The number of benzene rings is 2. The smallest absolute Gasteiger partial charge is 0.255 e. The fourth-order valence-electron chi connectivity index (χ4n) is 4.07. The van der Waals surface area contributed by atoms with Gasteiger partial charge >= 0.3 is 0 Å². The van der Waals surface area contributed by atoms with Gasteiger partial charge in [0.05, 0.1) is 30.3 Å². The van der Waals surface area contributed by atoms with Gasteiger partial charge in [-0.05, 0) is 47.3 Å². The molecule has 2 amide bonds. The highest BCUT2D eigenvalue weighted by atomic mass is 35.5. The Hall–Kier alpha value is -2.49. The molecule has 6 nitrogen and oxygen atoms in total. The van der Waals surface area contributed by atoms with Crippen molar-refractivity contribution in [3.63, 3.8) is 0 Å². The summed E-state index contributed by atoms with van der Waals surface area (Å²) in [5, 5.41) is 2.62. The first-order chi connectivity index (χ1) is 17.9. The zero-order valence-corrected chi connectivity index (χ0v) is 22.6. The van der Waals surface area contributed by atoms with E-state index < -0.39 is 0 Å². The minimum absolute atomic E-state index is 0.116. The molecule has 0 radical (unpaired) electrons. The van der Waals surface area contributed by atoms with Crippen LogP contribution in [0.1, 0.15) is 20.8 Å². The maximum Gasteiger partial charge on any atom is 0.255 e. The van der Waals surface area contributed by atoms with E-state index in [-0.39, 0.29) is 29.2 Å². The van der Waals surface area contributed by atoms with Crippen molar-refractivity contribution in [1.82, 2.24) is 14.7 Å². The van der Waals surface area contributed by atoms with Gasteiger partial charge in [-0.2, -0.15) is 0 Å². The summed E-state index contributed by atoms with van der Waals surface area (Å²) >= 11 is 13.9. The van der Waals surface area contributed by atoms with Crippen LogP contribution in [0.3, 0.4) is 0 Å². The lowest BCUT2D eigenvalue weighted by Crippen LogP contribution is -2.47. The second kappa shape index (κ2) is 13.3. The summed E-state index contributed by atoms with van der Waals surface area (Å²) in [5.74, 6) is -0.876. The Kier molecular flexibility index (Phi) is 9.94. The van der Waals surface area contributed by atoms with E-state index in [1.54, 1.807) is 45.4 Å². The molecule has 0 spiro atoms. The van der Waals surface area contributed by atoms with Gasteiger partial charge in [0.25, 0.3) is 5.91 Å². The highest BCUT2D eigenvalue weighted by Crippen LogP contribution is 2.23. The summed E-state index contributed by atoms with van der Waals surface area (Å²) in [7, 11) is 0. The van der Waals surface area contributed by atoms with E-state index in [1.165, 1.54) is 18.2 Å². The largest absolute Gasteiger partial charge is 0.379 e. The van der Waals surface area contributed by atoms with Gasteiger partial charge in [-0.25, -0.2) is 4.39 Å². The lowest BCUT2D eigenvalue weighted by molar-refractivity contribution is -0.133. The Morgan fingerprint density at radius 1 is 1.00 bits per heavy atom. The molecule has 1 aliphatic rings. The van der Waals surface area contributed by atoms with Gasteiger partial charge in [0.2, 0.25) is 5.91 Å². The minimum atomic E-state index is -0.334. The van der Waals surface area contributed by atoms with Gasteiger partial charge in [0, 0.05) is 42.6 Å². The minimum Gasteiger partial charge on any atom is -0.379 e. The molecule has 10 heteroatoms. The third kappa shape index (κ3) is 7.99. The predicted molar refractivity (Wildman–Crippen MR) is 145 cm³/mol. The first-order valence-corrected chi connectivity index (χ1v) is 13.6. The van der Waals surface area contributed by atoms with Gasteiger partial charge in [0.1, 0.15) is 12.4 Å². The van der Waals surface area contributed by atoms with Crippen molar-refractivity contribution in [3.8, 4) is 0 Å². The molecule has 0 unspecified atom stereocenters. The van der Waals surface area contributed by atoms with Crippen LogP contribution in [0.2, 0.25) is 10.0 Å². The number of ether oxygens (including phenoxy) is 1. The second-order valence-corrected chi connectivity index (χ2v) is 10.6. The highest BCUT2D eigenvalue weighted by molar-refractivity contribution is 7.09. The van der Waals surface area contributed by atoms with Crippen LogP contribution in [0.25, 0.3) is 0 Å². The lowest BCUT2D eigenvalue weighted by Gasteiger charge is -2.31. The molecule has 0 saturated carbocycles. The number of thiophene rings is 1. The summed E-state index contributed by atoms with van der Waals surface area (Å²) in [6, 6.07) is 14.7. The monoisotopic (exact) mass is 563 g/mol. The van der Waals surface area contributed by atoms with Crippen molar-refractivity contribution >= 4 is 46.4 Å². The fourth-order valence-corrected chi connectivity index (χ4v) is 5.28. The van der Waals surface area contributed by atoms with E-state index in [4.69, 9.17) is 27.9 Å². The quantitative estimate of drug-likeness (QED) is 0.340. The van der Waals surface area contributed by atoms with Gasteiger partial charge in [-0.3, -0.25) is 14.5 Å². The molecule has 1 fully saturated rings. The first kappa shape index (κ1) is 27.5. The van der Waals surface area contributed by atoms with E-state index in [0.29, 0.717) is 50.0 Å². The van der Waals surface area contributed by atoms with E-state index in [0.717, 1.165) is 23.5 Å². The number of carbonyl (C=O) groups excluding carboxylic acids is 2. The predicted octanol–water partition coefficient (Wildman–Crippen LogP) is 5.20. The van der Waals surface area contributed by atoms with Crippen molar-refractivity contribution < 1.29 is 18.7 Å². The van der Waals surface area contributed by atoms with E-state index in [2.05, 4.69) is 4.90 Å². The second-order valence-electron chi connectivity index (χ2n) is 8.76. The fraction of sp³-hybridized carbons (Fsp3) is 0.333. The Balaban J connectivity index is 1.54. The molecule has 1 saturated heterocycles. The molecule has 1 aliphatic heterocycles. The van der Waals surface area contributed by atoms with Crippen LogP contribution in [-0.4, -0.2) is 72.5 Å². The van der Waals surface area contributed by atoms with Crippen LogP contribution in [0, 0.1) is 5.82 Å². The number of halogens is 3. The summed E-state index contributed by atoms with van der Waals surface area (Å²) in [4.78, 5) is 33.7. The molecule has 2 heterocycles. The number of hydrogen-bond donors (Lipinski definition) is 0. The summed E-state index contributed by atoms with van der Waals surface area (Å²) in [6.07, 6.45) is 0. The normalized spacial score (nSPS) is 13.9. The van der Waals surface area contributed by atoms with Crippen LogP contribution >= 0.6 is 34.5 Å².